The smallest absolute Gasteiger partial charge is 0.270 e. The number of para-hydroxylation sites is 6. The van der Waals surface area contributed by atoms with Gasteiger partial charge in [-0.2, -0.15) is 0 Å². The molecule has 0 fully saturated rings. The van der Waals surface area contributed by atoms with Crippen molar-refractivity contribution in [3.05, 3.63) is 267 Å². The van der Waals surface area contributed by atoms with Crippen molar-refractivity contribution in [3.63, 3.8) is 0 Å². The van der Waals surface area contributed by atoms with Gasteiger partial charge in [0.15, 0.2) is 5.82 Å². The third-order valence-corrected chi connectivity index (χ3v) is 17.8. The van der Waals surface area contributed by atoms with Crippen LogP contribution in [0.3, 0.4) is 0 Å². The summed E-state index contributed by atoms with van der Waals surface area (Å²) in [5.74, 6) is 5.47. The fourth-order valence-corrected chi connectivity index (χ4v) is 14.2. The van der Waals surface area contributed by atoms with Crippen molar-refractivity contribution >= 4 is 88.5 Å². The molecule has 0 unspecified atom stereocenters. The van der Waals surface area contributed by atoms with Gasteiger partial charge in [0.05, 0.1) is 55.9 Å². The SMILES string of the molecule is c1ccc(-c2cc(-c3ccccc3-n3c4ccccc4c4cc(-c5cc6c7c(c5)Oc5cccc8c5B7c5c(cccc5O6)O8)ccc43)nc(-c3ccccc3-n3c4ccccc4c4c5c6ccccc6n(-c6ccccc6)c5ccc43)n2)cc1. The van der Waals surface area contributed by atoms with E-state index in [1.54, 1.807) is 0 Å². The Labute approximate surface area is 487 Å². The molecular weight excluding hydrogens is 1040 g/mol. The quantitative estimate of drug-likeness (QED) is 0.149. The second-order valence-electron chi connectivity index (χ2n) is 22.3. The summed E-state index contributed by atoms with van der Waals surface area (Å²) in [6.07, 6.45) is 0. The van der Waals surface area contributed by atoms with Gasteiger partial charge < -0.3 is 27.9 Å². The average Bonchev–Trinajstić information content (AvgIpc) is 2.14. The van der Waals surface area contributed by atoms with Crippen LogP contribution in [0.4, 0.5) is 0 Å². The van der Waals surface area contributed by atoms with Crippen molar-refractivity contribution in [2.24, 2.45) is 0 Å². The van der Waals surface area contributed by atoms with Gasteiger partial charge in [-0.25, -0.2) is 9.97 Å². The van der Waals surface area contributed by atoms with Crippen molar-refractivity contribution in [1.82, 2.24) is 23.7 Å². The number of hydrogen-bond acceptors (Lipinski definition) is 5. The first-order valence-corrected chi connectivity index (χ1v) is 28.8. The van der Waals surface area contributed by atoms with E-state index < -0.39 is 0 Å². The van der Waals surface area contributed by atoms with Crippen molar-refractivity contribution < 1.29 is 14.2 Å². The Hall–Kier alpha value is -11.4. The minimum absolute atomic E-state index is 0.0505. The van der Waals surface area contributed by atoms with Crippen LogP contribution in [0, 0.1) is 0 Å². The van der Waals surface area contributed by atoms with Crippen LogP contribution in [-0.4, -0.2) is 30.4 Å². The first-order chi connectivity index (χ1) is 42.2. The molecule has 0 bridgehead atoms. The molecule has 4 aromatic heterocycles. The third kappa shape index (κ3) is 6.63. The maximum Gasteiger partial charge on any atom is 0.270 e. The van der Waals surface area contributed by atoms with Crippen LogP contribution in [0.1, 0.15) is 0 Å². The Balaban J connectivity index is 0.780. The lowest BCUT2D eigenvalue weighted by Crippen LogP contribution is -2.59. The zero-order valence-electron chi connectivity index (χ0n) is 45.4. The molecule has 0 radical (unpaired) electrons. The lowest BCUT2D eigenvalue weighted by Gasteiger charge is -2.37. The molecule has 394 valence electrons. The zero-order valence-corrected chi connectivity index (χ0v) is 45.4. The molecule has 0 saturated heterocycles. The maximum absolute atomic E-state index is 6.78. The molecule has 16 aromatic rings. The summed E-state index contributed by atoms with van der Waals surface area (Å²) < 4.78 is 27.2. The number of nitrogens with zero attached hydrogens (tertiary/aromatic N) is 5. The summed E-state index contributed by atoms with van der Waals surface area (Å²) in [6.45, 7) is -0.0505. The zero-order chi connectivity index (χ0) is 55.4. The summed E-state index contributed by atoms with van der Waals surface area (Å²) in [5.41, 5.74) is 19.6. The molecule has 0 aliphatic carbocycles. The average molecular weight is 1090 g/mol. The largest absolute Gasteiger partial charge is 0.458 e. The Morgan fingerprint density at radius 2 is 0.741 bits per heavy atom. The van der Waals surface area contributed by atoms with Crippen LogP contribution in [0.2, 0.25) is 0 Å². The normalized spacial score (nSPS) is 12.7. The summed E-state index contributed by atoms with van der Waals surface area (Å²) in [6, 6.07) is 94.7. The van der Waals surface area contributed by atoms with E-state index in [1.807, 2.05) is 36.4 Å². The van der Waals surface area contributed by atoms with Gasteiger partial charge in [-0.15, -0.1) is 0 Å². The summed E-state index contributed by atoms with van der Waals surface area (Å²) >= 11 is 0. The molecule has 85 heavy (non-hydrogen) atoms. The van der Waals surface area contributed by atoms with Crippen LogP contribution in [-0.2, 0) is 0 Å². The van der Waals surface area contributed by atoms with Crippen molar-refractivity contribution in [1.29, 1.82) is 0 Å². The minimum atomic E-state index is -0.0505. The number of rotatable bonds is 7. The van der Waals surface area contributed by atoms with Gasteiger partial charge >= 0.3 is 0 Å². The molecule has 0 spiro atoms. The van der Waals surface area contributed by atoms with Gasteiger partial charge in [0.1, 0.15) is 34.5 Å². The Bertz CT molecular complexity index is 5470. The van der Waals surface area contributed by atoms with E-state index >= 15 is 0 Å². The predicted molar refractivity (Wildman–Crippen MR) is 345 cm³/mol. The van der Waals surface area contributed by atoms with Crippen molar-refractivity contribution in [2.45, 2.75) is 0 Å². The molecule has 0 saturated carbocycles. The van der Waals surface area contributed by atoms with Crippen LogP contribution in [0.5, 0.6) is 34.5 Å². The van der Waals surface area contributed by atoms with Crippen LogP contribution < -0.4 is 30.6 Å². The number of ether oxygens (including phenoxy) is 3. The van der Waals surface area contributed by atoms with Crippen molar-refractivity contribution in [3.8, 4) is 96.6 Å². The molecule has 9 heteroatoms. The molecule has 3 aliphatic heterocycles. The van der Waals surface area contributed by atoms with E-state index in [1.165, 1.54) is 27.1 Å². The fourth-order valence-electron chi connectivity index (χ4n) is 14.2. The Kier molecular flexibility index (Phi) is 9.54. The van der Waals surface area contributed by atoms with Gasteiger partial charge in [0.25, 0.3) is 6.71 Å². The van der Waals surface area contributed by atoms with Crippen LogP contribution in [0.15, 0.2) is 267 Å². The third-order valence-electron chi connectivity index (χ3n) is 17.8. The second-order valence-corrected chi connectivity index (χ2v) is 22.3. The van der Waals surface area contributed by atoms with E-state index in [4.69, 9.17) is 24.2 Å². The number of hydrogen-bond donors (Lipinski definition) is 0. The van der Waals surface area contributed by atoms with E-state index in [2.05, 4.69) is 244 Å². The fraction of sp³-hybridized carbons (Fsp3) is 0. The number of aromatic nitrogens is 5. The van der Waals surface area contributed by atoms with Gasteiger partial charge in [0.2, 0.25) is 0 Å². The monoisotopic (exact) mass is 1090 g/mol. The molecular formula is C76H44BN5O3. The summed E-state index contributed by atoms with van der Waals surface area (Å²) in [5, 5.41) is 7.09. The van der Waals surface area contributed by atoms with Gasteiger partial charge in [-0.05, 0) is 126 Å². The molecule has 3 aliphatic rings. The molecule has 7 heterocycles. The molecule has 0 atom stereocenters. The molecule has 0 N–H and O–H groups in total. The van der Waals surface area contributed by atoms with Gasteiger partial charge in [-0.3, -0.25) is 0 Å². The highest BCUT2D eigenvalue weighted by Gasteiger charge is 2.46. The highest BCUT2D eigenvalue weighted by molar-refractivity contribution is 6.99. The topological polar surface area (TPSA) is 68.3 Å². The molecule has 8 nitrogen and oxygen atoms in total. The maximum atomic E-state index is 6.78. The summed E-state index contributed by atoms with van der Waals surface area (Å²) in [7, 11) is 0. The number of benzene rings is 12. The first-order valence-electron chi connectivity index (χ1n) is 28.8. The van der Waals surface area contributed by atoms with Crippen LogP contribution in [0.25, 0.3) is 128 Å². The van der Waals surface area contributed by atoms with Gasteiger partial charge in [0, 0.05) is 71.1 Å². The standard InChI is InChI=1S/C76H44BN5O3/c1-3-19-45(20-4-1)55-44-56(79-76(78-55)53-27-11-16-32-61(53)82-60-31-15-10-26-52(60)72-64(82)40-39-63-71(72)51-25-9-14-30-59(51)80(63)48-21-5-2-6-22-48)50-24-8-13-29-58(50)81-57-28-12-7-23-49(57)54-41-46(37-38-62(54)81)47-42-69-75-70(43-47)85-68-36-18-34-66-74(68)77(75)73-65(83-66)33-17-35-67(73)84-69/h1-44H. The van der Waals surface area contributed by atoms with E-state index in [-0.39, 0.29) is 6.71 Å². The van der Waals surface area contributed by atoms with E-state index in [0.29, 0.717) is 5.82 Å². The number of fused-ring (bicyclic) bond motifs is 10. The van der Waals surface area contributed by atoms with E-state index in [9.17, 15) is 0 Å². The highest BCUT2D eigenvalue weighted by atomic mass is 16.5. The first kappa shape index (κ1) is 46.2. The molecule has 19 rings (SSSR count). The second kappa shape index (κ2) is 17.5. The Morgan fingerprint density at radius 1 is 0.282 bits per heavy atom. The van der Waals surface area contributed by atoms with Crippen molar-refractivity contribution in [2.75, 3.05) is 0 Å². The lowest BCUT2D eigenvalue weighted by atomic mass is 9.34. The molecule has 0 amide bonds. The van der Waals surface area contributed by atoms with Crippen LogP contribution >= 0.6 is 0 Å². The highest BCUT2D eigenvalue weighted by Crippen LogP contribution is 2.47. The minimum Gasteiger partial charge on any atom is -0.458 e. The van der Waals surface area contributed by atoms with E-state index in [0.717, 1.165) is 146 Å². The summed E-state index contributed by atoms with van der Waals surface area (Å²) in [4.78, 5) is 11.2. The Morgan fingerprint density at radius 3 is 1.40 bits per heavy atom. The molecule has 12 aromatic carbocycles. The lowest BCUT2D eigenvalue weighted by molar-refractivity contribution is 0.443. The van der Waals surface area contributed by atoms with Gasteiger partial charge in [-0.1, -0.05) is 152 Å². The predicted octanol–water partition coefficient (Wildman–Crippen LogP) is 17.3.